The summed E-state index contributed by atoms with van der Waals surface area (Å²) in [6.07, 6.45) is 4.67. The van der Waals surface area contributed by atoms with Crippen LogP contribution >= 0.6 is 11.6 Å². The van der Waals surface area contributed by atoms with E-state index in [1.807, 2.05) is 54.6 Å². The molecule has 2 aromatic heterocycles. The number of aromatic amines is 1. The topological polar surface area (TPSA) is 130 Å². The fourth-order valence-electron chi connectivity index (χ4n) is 3.85. The van der Waals surface area contributed by atoms with Gasteiger partial charge in [-0.05, 0) is 52.4 Å². The Morgan fingerprint density at radius 2 is 1.86 bits per heavy atom. The van der Waals surface area contributed by atoms with Gasteiger partial charge in [0.05, 0.1) is 11.2 Å². The summed E-state index contributed by atoms with van der Waals surface area (Å²) in [5.74, 6) is -0.445. The molecule has 0 spiro atoms. The maximum absolute atomic E-state index is 13.3. The molecule has 0 aliphatic carbocycles. The molecule has 0 aliphatic rings. The van der Waals surface area contributed by atoms with Crippen molar-refractivity contribution >= 4 is 46.2 Å². The Morgan fingerprint density at radius 1 is 1.05 bits per heavy atom. The van der Waals surface area contributed by atoms with Crippen LogP contribution < -0.4 is 10.6 Å². The van der Waals surface area contributed by atoms with Crippen LogP contribution in [0.25, 0.3) is 22.7 Å². The summed E-state index contributed by atoms with van der Waals surface area (Å²) in [5, 5.41) is 25.2. The quantitative estimate of drug-likeness (QED) is 0.272. The molecule has 10 nitrogen and oxygen atoms in total. The van der Waals surface area contributed by atoms with Gasteiger partial charge in [-0.2, -0.15) is 9.78 Å². The van der Waals surface area contributed by atoms with Crippen LogP contribution in [0.1, 0.15) is 11.1 Å². The first kappa shape index (κ1) is 23.9. The summed E-state index contributed by atoms with van der Waals surface area (Å²) in [5.41, 5.74) is 2.96. The van der Waals surface area contributed by atoms with Crippen LogP contribution in [0.15, 0.2) is 85.2 Å². The number of H-pyrrole nitrogens is 1. The molecule has 184 valence electrons. The summed E-state index contributed by atoms with van der Waals surface area (Å²) >= 11 is 6.16. The minimum absolute atomic E-state index is 0.293. The standard InChI is InChI=1S/C26H21ClN8O2/c27-19-11-12-23(35-16-28-33-34-35)18(15-19)10-13-24(36)29-22(14-17-6-2-1-3-7-17)26(37)30-25-20-8-4-5-9-21(20)31-32-25/h1-13,15-16,22H,14H2,(H,29,36)(H2,30,31,32,37). The molecule has 0 aliphatic heterocycles. The Balaban J connectivity index is 1.36. The molecule has 0 saturated heterocycles. The fourth-order valence-corrected chi connectivity index (χ4v) is 4.03. The Labute approximate surface area is 216 Å². The summed E-state index contributed by atoms with van der Waals surface area (Å²) in [6.45, 7) is 0. The van der Waals surface area contributed by atoms with Crippen LogP contribution in [-0.2, 0) is 16.0 Å². The van der Waals surface area contributed by atoms with Crippen molar-refractivity contribution in [3.05, 3.63) is 101 Å². The van der Waals surface area contributed by atoms with Crippen LogP contribution in [0, 0.1) is 0 Å². The van der Waals surface area contributed by atoms with Crippen LogP contribution in [-0.4, -0.2) is 48.3 Å². The number of fused-ring (bicyclic) bond motifs is 1. The number of rotatable bonds is 8. The lowest BCUT2D eigenvalue weighted by Gasteiger charge is -2.17. The van der Waals surface area contributed by atoms with E-state index in [0.29, 0.717) is 28.5 Å². The van der Waals surface area contributed by atoms with E-state index in [2.05, 4.69) is 36.4 Å². The third-order valence-corrected chi connectivity index (χ3v) is 5.86. The van der Waals surface area contributed by atoms with E-state index < -0.39 is 11.9 Å². The van der Waals surface area contributed by atoms with Crippen LogP contribution in [0.4, 0.5) is 5.82 Å². The number of benzene rings is 3. The lowest BCUT2D eigenvalue weighted by molar-refractivity contribution is -0.123. The second kappa shape index (κ2) is 10.8. The highest BCUT2D eigenvalue weighted by Gasteiger charge is 2.22. The molecule has 1 atom stereocenters. The zero-order chi connectivity index (χ0) is 25.6. The van der Waals surface area contributed by atoms with Gasteiger partial charge in [-0.1, -0.05) is 54.1 Å². The van der Waals surface area contributed by atoms with Crippen LogP contribution in [0.5, 0.6) is 0 Å². The molecule has 0 radical (unpaired) electrons. The third kappa shape index (κ3) is 5.71. The Hall–Kier alpha value is -4.83. The second-order valence-electron chi connectivity index (χ2n) is 8.15. The SMILES string of the molecule is O=C(C=Cc1cc(Cl)ccc1-n1cnnn1)NC(Cc1ccccc1)C(=O)Nc1n[nH]c2ccccc12. The van der Waals surface area contributed by atoms with Gasteiger partial charge in [0.2, 0.25) is 11.8 Å². The number of hydrogen-bond acceptors (Lipinski definition) is 6. The number of carbonyl (C=O) groups excluding carboxylic acids is 2. The van der Waals surface area contributed by atoms with Gasteiger partial charge in [-0.15, -0.1) is 5.10 Å². The Bertz CT molecular complexity index is 1560. The highest BCUT2D eigenvalue weighted by Crippen LogP contribution is 2.21. The molecule has 0 saturated carbocycles. The molecule has 0 bridgehead atoms. The van der Waals surface area contributed by atoms with E-state index in [9.17, 15) is 9.59 Å². The second-order valence-corrected chi connectivity index (χ2v) is 8.59. The van der Waals surface area contributed by atoms with Gasteiger partial charge in [0.25, 0.3) is 0 Å². The van der Waals surface area contributed by atoms with Crippen molar-refractivity contribution in [3.63, 3.8) is 0 Å². The summed E-state index contributed by atoms with van der Waals surface area (Å²) < 4.78 is 1.47. The van der Waals surface area contributed by atoms with E-state index in [1.54, 1.807) is 24.3 Å². The monoisotopic (exact) mass is 512 g/mol. The average molecular weight is 513 g/mol. The largest absolute Gasteiger partial charge is 0.340 e. The predicted octanol–water partition coefficient (Wildman–Crippen LogP) is 3.57. The first-order valence-corrected chi connectivity index (χ1v) is 11.7. The minimum Gasteiger partial charge on any atom is -0.340 e. The zero-order valence-electron chi connectivity index (χ0n) is 19.4. The third-order valence-electron chi connectivity index (χ3n) is 5.63. The van der Waals surface area contributed by atoms with Gasteiger partial charge in [0.1, 0.15) is 12.4 Å². The van der Waals surface area contributed by atoms with E-state index in [-0.39, 0.29) is 5.91 Å². The number of nitrogens with one attached hydrogen (secondary N) is 3. The summed E-state index contributed by atoms with van der Waals surface area (Å²) in [7, 11) is 0. The van der Waals surface area contributed by atoms with E-state index >= 15 is 0 Å². The van der Waals surface area contributed by atoms with Gasteiger partial charge in [-0.25, -0.2) is 0 Å². The molecule has 5 aromatic rings. The summed E-state index contributed by atoms with van der Waals surface area (Å²) in [4.78, 5) is 26.2. The molecule has 3 aromatic carbocycles. The average Bonchev–Trinajstić information content (AvgIpc) is 3.59. The predicted molar refractivity (Wildman–Crippen MR) is 140 cm³/mol. The molecule has 2 heterocycles. The van der Waals surface area contributed by atoms with Gasteiger partial charge >= 0.3 is 0 Å². The molecule has 37 heavy (non-hydrogen) atoms. The minimum atomic E-state index is -0.853. The fraction of sp³-hybridized carbons (Fsp3) is 0.0769. The number of aromatic nitrogens is 6. The molecular weight excluding hydrogens is 492 g/mol. The van der Waals surface area contributed by atoms with Crippen LogP contribution in [0.2, 0.25) is 5.02 Å². The number of carbonyl (C=O) groups is 2. The molecule has 3 N–H and O–H groups in total. The number of amides is 2. The summed E-state index contributed by atoms with van der Waals surface area (Å²) in [6, 6.07) is 21.2. The zero-order valence-corrected chi connectivity index (χ0v) is 20.1. The van der Waals surface area contributed by atoms with Crippen molar-refractivity contribution in [2.75, 3.05) is 5.32 Å². The van der Waals surface area contributed by atoms with Gasteiger partial charge < -0.3 is 10.6 Å². The lowest BCUT2D eigenvalue weighted by Crippen LogP contribution is -2.44. The van der Waals surface area contributed by atoms with E-state index in [0.717, 1.165) is 16.5 Å². The molecule has 11 heteroatoms. The van der Waals surface area contributed by atoms with Gasteiger partial charge in [0.15, 0.2) is 5.82 Å². The highest BCUT2D eigenvalue weighted by atomic mass is 35.5. The maximum atomic E-state index is 13.3. The number of hydrogen-bond donors (Lipinski definition) is 3. The van der Waals surface area contributed by atoms with Crippen molar-refractivity contribution in [1.29, 1.82) is 0 Å². The Kier molecular flexibility index (Phi) is 7.00. The smallest absolute Gasteiger partial charge is 0.248 e. The van der Waals surface area contributed by atoms with Crippen molar-refractivity contribution in [2.45, 2.75) is 12.5 Å². The van der Waals surface area contributed by atoms with Crippen molar-refractivity contribution in [2.24, 2.45) is 0 Å². The first-order chi connectivity index (χ1) is 18.1. The lowest BCUT2D eigenvalue weighted by atomic mass is 10.0. The van der Waals surface area contributed by atoms with E-state index in [1.165, 1.54) is 17.1 Å². The Morgan fingerprint density at radius 3 is 2.68 bits per heavy atom. The van der Waals surface area contributed by atoms with Crippen LogP contribution in [0.3, 0.4) is 0 Å². The highest BCUT2D eigenvalue weighted by molar-refractivity contribution is 6.30. The number of halogens is 1. The number of nitrogens with zero attached hydrogens (tertiary/aromatic N) is 5. The van der Waals surface area contributed by atoms with Crippen molar-refractivity contribution < 1.29 is 9.59 Å². The molecule has 5 rings (SSSR count). The van der Waals surface area contributed by atoms with E-state index in [4.69, 9.17) is 11.6 Å². The molecular formula is C26H21ClN8O2. The van der Waals surface area contributed by atoms with Crippen molar-refractivity contribution in [3.8, 4) is 5.69 Å². The molecule has 1 unspecified atom stereocenters. The maximum Gasteiger partial charge on any atom is 0.248 e. The van der Waals surface area contributed by atoms with Gasteiger partial charge in [0, 0.05) is 28.5 Å². The van der Waals surface area contributed by atoms with Gasteiger partial charge in [-0.3, -0.25) is 14.7 Å². The van der Waals surface area contributed by atoms with Crippen molar-refractivity contribution in [1.82, 2.24) is 35.7 Å². The first-order valence-electron chi connectivity index (χ1n) is 11.4. The normalized spacial score (nSPS) is 12.0. The number of tetrazole rings is 1. The molecule has 0 fully saturated rings. The number of anilines is 1. The number of para-hydroxylation sites is 1. The molecule has 2 amide bonds.